The average molecular weight is 574 g/mol. The van der Waals surface area contributed by atoms with Crippen molar-refractivity contribution in [3.05, 3.63) is 35.9 Å². The van der Waals surface area contributed by atoms with E-state index in [1.807, 2.05) is 0 Å². The molecule has 3 amide bonds. The molecule has 0 aliphatic rings. The van der Waals surface area contributed by atoms with Crippen molar-refractivity contribution in [2.24, 2.45) is 23.5 Å². The molecule has 13 heteroatoms. The number of ketones is 1. The quantitative estimate of drug-likeness (QED) is 0.219. The number of Topliss-reactive ketones (excluding diaryl/α,β-unsaturated/α-hetero) is 1. The van der Waals surface area contributed by atoms with E-state index in [2.05, 4.69) is 15.4 Å². The monoisotopic (exact) mass is 573 g/mol. The Kier molecular flexibility index (Phi) is 13.8. The first-order valence-electron chi connectivity index (χ1n) is 12.8. The Labute approximate surface area is 231 Å². The number of carbonyl (C=O) groups is 5. The summed E-state index contributed by atoms with van der Waals surface area (Å²) in [5.41, 5.74) is 5.70. The molecular formula is C27H38F3N3O7. The van der Waals surface area contributed by atoms with Crippen LogP contribution in [0.5, 0.6) is 0 Å². The number of halogens is 3. The van der Waals surface area contributed by atoms with Crippen LogP contribution < -0.4 is 16.4 Å². The fraction of sp³-hybridized carbons (Fsp3) is 0.593. The highest BCUT2D eigenvalue weighted by Gasteiger charge is 2.44. The van der Waals surface area contributed by atoms with E-state index in [9.17, 15) is 42.3 Å². The summed E-state index contributed by atoms with van der Waals surface area (Å²) < 4.78 is 44.0. The lowest BCUT2D eigenvalue weighted by Crippen LogP contribution is -2.52. The van der Waals surface area contributed by atoms with E-state index >= 15 is 0 Å². The minimum absolute atomic E-state index is 0.0663. The Hall–Kier alpha value is -3.48. The van der Waals surface area contributed by atoms with Crippen LogP contribution in [-0.2, 0) is 35.1 Å². The topological polar surface area (TPSA) is 165 Å². The molecule has 0 saturated carbocycles. The van der Waals surface area contributed by atoms with Crippen molar-refractivity contribution < 1.29 is 47.0 Å². The Morgan fingerprint density at radius 1 is 0.975 bits per heavy atom. The highest BCUT2D eigenvalue weighted by Crippen LogP contribution is 2.25. The molecule has 224 valence electrons. The lowest BCUT2D eigenvalue weighted by Gasteiger charge is -2.27. The van der Waals surface area contributed by atoms with Gasteiger partial charge in [0.1, 0.15) is 0 Å². The number of hydrogen-bond donors (Lipinski definition) is 4. The van der Waals surface area contributed by atoms with Crippen molar-refractivity contribution in [1.29, 1.82) is 0 Å². The summed E-state index contributed by atoms with van der Waals surface area (Å²) in [4.78, 5) is 62.0. The molecule has 5 N–H and O–H groups in total. The van der Waals surface area contributed by atoms with Gasteiger partial charge in [-0.3, -0.25) is 24.0 Å². The van der Waals surface area contributed by atoms with Crippen LogP contribution in [-0.4, -0.2) is 66.1 Å². The highest BCUT2D eigenvalue weighted by atomic mass is 19.4. The van der Waals surface area contributed by atoms with E-state index in [4.69, 9.17) is 5.73 Å². The van der Waals surface area contributed by atoms with Gasteiger partial charge in [0.05, 0.1) is 31.5 Å². The number of alkyl halides is 3. The second kappa shape index (κ2) is 15.9. The van der Waals surface area contributed by atoms with Crippen LogP contribution in [0.25, 0.3) is 0 Å². The molecule has 5 atom stereocenters. The van der Waals surface area contributed by atoms with Crippen molar-refractivity contribution in [1.82, 2.24) is 10.6 Å². The molecule has 40 heavy (non-hydrogen) atoms. The summed E-state index contributed by atoms with van der Waals surface area (Å²) >= 11 is 0. The van der Waals surface area contributed by atoms with Gasteiger partial charge in [0.2, 0.25) is 17.7 Å². The molecule has 10 nitrogen and oxygen atoms in total. The number of rotatable bonds is 16. The van der Waals surface area contributed by atoms with E-state index in [0.29, 0.717) is 5.56 Å². The number of hydrogen-bond acceptors (Lipinski definition) is 7. The number of nitrogens with two attached hydrogens (primary N) is 1. The van der Waals surface area contributed by atoms with Crippen molar-refractivity contribution >= 4 is 29.5 Å². The van der Waals surface area contributed by atoms with Gasteiger partial charge in [-0.25, -0.2) is 0 Å². The Morgan fingerprint density at radius 2 is 1.57 bits per heavy atom. The van der Waals surface area contributed by atoms with Crippen LogP contribution >= 0.6 is 0 Å². The standard InChI is InChI=1S/C27H38F3N3O7/c1-15(2)18(14-23(36)40-4)26(39)33-20(13-17-8-6-5-7-9-17)21(34)12-16(3)25(38)32-19(10-11-22(31)35)24(37)27(28,29)30/h5-9,15-16,18-20,24,37H,10-14H2,1-4H3,(H2,31,35)(H,32,38)(H,33,39)/t16-,18+,19?,20+,24?/m1/s1. The second-order valence-electron chi connectivity index (χ2n) is 10.1. The third-order valence-corrected chi connectivity index (χ3v) is 6.44. The summed E-state index contributed by atoms with van der Waals surface area (Å²) in [5.74, 6) is -5.81. The predicted molar refractivity (Wildman–Crippen MR) is 138 cm³/mol. The highest BCUT2D eigenvalue weighted by molar-refractivity contribution is 5.93. The van der Waals surface area contributed by atoms with Gasteiger partial charge in [-0.05, 0) is 24.3 Å². The summed E-state index contributed by atoms with van der Waals surface area (Å²) in [5, 5.41) is 14.4. The number of methoxy groups -OCH3 is 1. The first-order chi connectivity index (χ1) is 18.6. The van der Waals surface area contributed by atoms with Crippen LogP contribution in [0, 0.1) is 17.8 Å². The third kappa shape index (κ3) is 11.7. The number of aliphatic hydroxyl groups excluding tert-OH is 1. The van der Waals surface area contributed by atoms with Crippen LogP contribution in [0.15, 0.2) is 30.3 Å². The first-order valence-corrected chi connectivity index (χ1v) is 12.8. The zero-order valence-electron chi connectivity index (χ0n) is 23.0. The first kappa shape index (κ1) is 34.5. The molecule has 0 aliphatic heterocycles. The Balaban J connectivity index is 3.08. The Bertz CT molecular complexity index is 1020. The zero-order chi connectivity index (χ0) is 30.6. The second-order valence-corrected chi connectivity index (χ2v) is 10.1. The maximum absolute atomic E-state index is 13.3. The lowest BCUT2D eigenvalue weighted by atomic mass is 9.90. The molecule has 0 aliphatic carbocycles. The SMILES string of the molecule is COC(=O)C[C@H](C(=O)N[C@@H](Cc1ccccc1)C(=O)C[C@@H](C)C(=O)NC(CCC(N)=O)C(O)C(F)(F)F)C(C)C. The number of ether oxygens (including phenoxy) is 1. The van der Waals surface area contributed by atoms with E-state index in [-0.39, 0.29) is 18.8 Å². The molecule has 0 spiro atoms. The molecule has 0 radical (unpaired) electrons. The van der Waals surface area contributed by atoms with Gasteiger partial charge < -0.3 is 26.2 Å². The van der Waals surface area contributed by atoms with Crippen molar-refractivity contribution in [3.8, 4) is 0 Å². The van der Waals surface area contributed by atoms with Gasteiger partial charge in [-0.15, -0.1) is 0 Å². The number of amides is 3. The van der Waals surface area contributed by atoms with Crippen molar-refractivity contribution in [2.45, 2.75) is 77.2 Å². The van der Waals surface area contributed by atoms with Crippen LogP contribution in [0.3, 0.4) is 0 Å². The Morgan fingerprint density at radius 3 is 2.08 bits per heavy atom. The van der Waals surface area contributed by atoms with E-state index in [1.165, 1.54) is 14.0 Å². The summed E-state index contributed by atoms with van der Waals surface area (Å²) in [6, 6.07) is 5.75. The molecular weight excluding hydrogens is 535 g/mol. The van der Waals surface area contributed by atoms with Crippen LogP contribution in [0.1, 0.15) is 52.0 Å². The number of aliphatic hydroxyl groups is 1. The molecule has 1 aromatic carbocycles. The molecule has 0 fully saturated rings. The normalized spacial score (nSPS) is 15.3. The maximum atomic E-state index is 13.3. The summed E-state index contributed by atoms with van der Waals surface area (Å²) in [7, 11) is 1.19. The van der Waals surface area contributed by atoms with Crippen molar-refractivity contribution in [2.75, 3.05) is 7.11 Å². The largest absolute Gasteiger partial charge is 0.469 e. The van der Waals surface area contributed by atoms with Gasteiger partial charge in [0, 0.05) is 18.8 Å². The van der Waals surface area contributed by atoms with Gasteiger partial charge in [-0.2, -0.15) is 13.2 Å². The van der Waals surface area contributed by atoms with Crippen LogP contribution in [0.4, 0.5) is 13.2 Å². The minimum Gasteiger partial charge on any atom is -0.469 e. The molecule has 0 heterocycles. The number of esters is 1. The van der Waals surface area contributed by atoms with E-state index in [0.717, 1.165) is 0 Å². The summed E-state index contributed by atoms with van der Waals surface area (Å²) in [6.45, 7) is 4.78. The minimum atomic E-state index is -5.07. The fourth-order valence-electron chi connectivity index (χ4n) is 3.96. The van der Waals surface area contributed by atoms with Crippen LogP contribution in [0.2, 0.25) is 0 Å². The average Bonchev–Trinajstić information content (AvgIpc) is 2.87. The van der Waals surface area contributed by atoms with Gasteiger partial charge >= 0.3 is 12.1 Å². The maximum Gasteiger partial charge on any atom is 0.416 e. The summed E-state index contributed by atoms with van der Waals surface area (Å²) in [6.07, 6.45) is -9.69. The number of carbonyl (C=O) groups excluding carboxylic acids is 5. The predicted octanol–water partition coefficient (Wildman–Crippen LogP) is 1.82. The fourth-order valence-corrected chi connectivity index (χ4v) is 3.96. The van der Waals surface area contributed by atoms with Crippen molar-refractivity contribution in [3.63, 3.8) is 0 Å². The van der Waals surface area contributed by atoms with Gasteiger partial charge in [0.15, 0.2) is 11.9 Å². The number of nitrogens with one attached hydrogen (secondary N) is 2. The smallest absolute Gasteiger partial charge is 0.416 e. The molecule has 0 bridgehead atoms. The van der Waals surface area contributed by atoms with E-state index in [1.54, 1.807) is 44.2 Å². The van der Waals surface area contributed by atoms with E-state index < -0.39 is 84.9 Å². The lowest BCUT2D eigenvalue weighted by molar-refractivity contribution is -0.213. The molecule has 1 aromatic rings. The van der Waals surface area contributed by atoms with Gasteiger partial charge in [0.25, 0.3) is 0 Å². The molecule has 0 aromatic heterocycles. The molecule has 2 unspecified atom stereocenters. The van der Waals surface area contributed by atoms with Gasteiger partial charge in [-0.1, -0.05) is 51.1 Å². The number of benzene rings is 1. The molecule has 1 rings (SSSR count). The third-order valence-electron chi connectivity index (χ3n) is 6.44. The molecule has 0 saturated heterocycles. The zero-order valence-corrected chi connectivity index (χ0v) is 23.0. The number of primary amides is 1.